The van der Waals surface area contributed by atoms with Crippen molar-refractivity contribution in [3.05, 3.63) is 71.8 Å². The maximum absolute atomic E-state index is 12.1. The second kappa shape index (κ2) is 8.61. The van der Waals surface area contributed by atoms with Crippen LogP contribution in [-0.4, -0.2) is 17.7 Å². The smallest absolute Gasteiger partial charge is 0.232 e. The minimum absolute atomic E-state index is 0.0345. The number of benzene rings is 2. The third-order valence-electron chi connectivity index (χ3n) is 3.44. The molecule has 4 heteroatoms. The van der Waals surface area contributed by atoms with E-state index in [0.717, 1.165) is 11.3 Å². The van der Waals surface area contributed by atoms with Crippen LogP contribution in [0.25, 0.3) is 0 Å². The van der Waals surface area contributed by atoms with Gasteiger partial charge in [-0.15, -0.1) is 11.8 Å². The van der Waals surface area contributed by atoms with Crippen LogP contribution in [0.2, 0.25) is 0 Å². The van der Waals surface area contributed by atoms with E-state index in [1.807, 2.05) is 55.5 Å². The summed E-state index contributed by atoms with van der Waals surface area (Å²) >= 11 is 1.63. The Labute approximate surface area is 136 Å². The summed E-state index contributed by atoms with van der Waals surface area (Å²) in [5, 5.41) is 2.84. The molecule has 0 aliphatic heterocycles. The zero-order chi connectivity index (χ0) is 15.8. The van der Waals surface area contributed by atoms with Gasteiger partial charge in [0.05, 0.1) is 5.25 Å². The number of rotatable bonds is 7. The highest BCUT2D eigenvalue weighted by Gasteiger charge is 2.14. The lowest BCUT2D eigenvalue weighted by atomic mass is 10.1. The molecule has 0 saturated heterocycles. The summed E-state index contributed by atoms with van der Waals surface area (Å²) in [6, 6.07) is 19.8. The van der Waals surface area contributed by atoms with Gasteiger partial charge in [-0.25, -0.2) is 0 Å². The highest BCUT2D eigenvalue weighted by molar-refractivity contribution is 7.99. The predicted octanol–water partition coefficient (Wildman–Crippen LogP) is 3.12. The van der Waals surface area contributed by atoms with Crippen molar-refractivity contribution in [3.63, 3.8) is 0 Å². The molecule has 3 N–H and O–H groups in total. The third kappa shape index (κ3) is 5.20. The Hall–Kier alpha value is -1.78. The molecule has 0 saturated carbocycles. The first-order valence-electron chi connectivity index (χ1n) is 7.40. The van der Waals surface area contributed by atoms with Crippen LogP contribution in [0.3, 0.4) is 0 Å². The van der Waals surface area contributed by atoms with E-state index in [-0.39, 0.29) is 17.2 Å². The van der Waals surface area contributed by atoms with Crippen molar-refractivity contribution in [3.8, 4) is 0 Å². The number of nitrogens with one attached hydrogen (secondary N) is 1. The average molecular weight is 314 g/mol. The van der Waals surface area contributed by atoms with Crippen molar-refractivity contribution in [2.75, 3.05) is 6.54 Å². The van der Waals surface area contributed by atoms with E-state index >= 15 is 0 Å². The summed E-state index contributed by atoms with van der Waals surface area (Å²) in [4.78, 5) is 12.1. The second-order valence-electron chi connectivity index (χ2n) is 5.20. The number of carbonyl (C=O) groups excluding carboxylic acids is 1. The third-order valence-corrected chi connectivity index (χ3v) is 4.65. The second-order valence-corrected chi connectivity index (χ2v) is 6.53. The molecule has 0 fully saturated rings. The fourth-order valence-electron chi connectivity index (χ4n) is 2.04. The van der Waals surface area contributed by atoms with Crippen LogP contribution in [0.1, 0.15) is 24.1 Å². The van der Waals surface area contributed by atoms with Gasteiger partial charge in [0.15, 0.2) is 0 Å². The molecule has 2 rings (SSSR count). The van der Waals surface area contributed by atoms with E-state index in [2.05, 4.69) is 17.4 Å². The molecule has 0 bridgehead atoms. The van der Waals surface area contributed by atoms with Crippen molar-refractivity contribution in [2.45, 2.75) is 24.0 Å². The van der Waals surface area contributed by atoms with Crippen molar-refractivity contribution < 1.29 is 4.79 Å². The normalized spacial score (nSPS) is 13.4. The lowest BCUT2D eigenvalue weighted by Crippen LogP contribution is -2.36. The number of carbonyl (C=O) groups is 1. The van der Waals surface area contributed by atoms with Crippen LogP contribution < -0.4 is 11.1 Å². The van der Waals surface area contributed by atoms with Crippen molar-refractivity contribution in [1.82, 2.24) is 5.32 Å². The molecule has 0 aliphatic rings. The van der Waals surface area contributed by atoms with E-state index in [1.165, 1.54) is 5.56 Å². The molecule has 3 nitrogen and oxygen atoms in total. The standard InChI is InChI=1S/C18H22N2OS/c1-14(22-13-15-8-4-2-5-9-15)18(21)20-12-17(19)16-10-6-3-7-11-16/h2-11,14,17H,12-13,19H2,1H3,(H,20,21). The van der Waals surface area contributed by atoms with Gasteiger partial charge in [0.2, 0.25) is 5.91 Å². The van der Waals surface area contributed by atoms with Gasteiger partial charge in [-0.3, -0.25) is 4.79 Å². The molecule has 2 unspecified atom stereocenters. The largest absolute Gasteiger partial charge is 0.353 e. The van der Waals surface area contributed by atoms with Crippen LogP contribution >= 0.6 is 11.8 Å². The number of amides is 1. The Morgan fingerprint density at radius 1 is 1.09 bits per heavy atom. The summed E-state index contributed by atoms with van der Waals surface area (Å²) in [6.45, 7) is 2.38. The number of nitrogens with two attached hydrogens (primary N) is 1. The zero-order valence-corrected chi connectivity index (χ0v) is 13.6. The molecule has 2 aromatic rings. The van der Waals surface area contributed by atoms with Gasteiger partial charge in [0.25, 0.3) is 0 Å². The molecule has 2 aromatic carbocycles. The minimum Gasteiger partial charge on any atom is -0.353 e. The molecule has 0 aromatic heterocycles. The van der Waals surface area contributed by atoms with Gasteiger partial charge >= 0.3 is 0 Å². The molecular formula is C18H22N2OS. The van der Waals surface area contributed by atoms with Crippen LogP contribution in [0.5, 0.6) is 0 Å². The van der Waals surface area contributed by atoms with E-state index in [4.69, 9.17) is 5.73 Å². The fraction of sp³-hybridized carbons (Fsp3) is 0.278. The molecule has 0 aliphatic carbocycles. The van der Waals surface area contributed by atoms with Gasteiger partial charge < -0.3 is 11.1 Å². The number of hydrogen-bond acceptors (Lipinski definition) is 3. The Bertz CT molecular complexity index is 574. The molecular weight excluding hydrogens is 292 g/mol. The van der Waals surface area contributed by atoms with Gasteiger partial charge in [0.1, 0.15) is 0 Å². The molecule has 2 atom stereocenters. The molecule has 1 amide bonds. The van der Waals surface area contributed by atoms with Gasteiger partial charge in [-0.1, -0.05) is 60.7 Å². The van der Waals surface area contributed by atoms with Crippen molar-refractivity contribution in [2.24, 2.45) is 5.73 Å². The summed E-state index contributed by atoms with van der Waals surface area (Å²) in [5.41, 5.74) is 8.35. The highest BCUT2D eigenvalue weighted by Crippen LogP contribution is 2.17. The van der Waals surface area contributed by atoms with Crippen molar-refractivity contribution >= 4 is 17.7 Å². The molecule has 0 spiro atoms. The first kappa shape index (κ1) is 16.6. The lowest BCUT2D eigenvalue weighted by Gasteiger charge is -2.16. The first-order chi connectivity index (χ1) is 10.7. The highest BCUT2D eigenvalue weighted by atomic mass is 32.2. The Balaban J connectivity index is 1.74. The SMILES string of the molecule is CC(SCc1ccccc1)C(=O)NCC(N)c1ccccc1. The van der Waals surface area contributed by atoms with Crippen LogP contribution in [-0.2, 0) is 10.5 Å². The first-order valence-corrected chi connectivity index (χ1v) is 8.45. The Morgan fingerprint density at radius 3 is 2.32 bits per heavy atom. The van der Waals surface area contributed by atoms with Crippen LogP contribution in [0, 0.1) is 0 Å². The number of hydrogen-bond donors (Lipinski definition) is 2. The molecule has 22 heavy (non-hydrogen) atoms. The zero-order valence-electron chi connectivity index (χ0n) is 12.7. The van der Waals surface area contributed by atoms with E-state index in [9.17, 15) is 4.79 Å². The van der Waals surface area contributed by atoms with E-state index in [1.54, 1.807) is 11.8 Å². The van der Waals surface area contributed by atoms with Crippen LogP contribution in [0.15, 0.2) is 60.7 Å². The fourth-order valence-corrected chi connectivity index (χ4v) is 2.91. The molecule has 0 heterocycles. The molecule has 0 radical (unpaired) electrons. The van der Waals surface area contributed by atoms with Gasteiger partial charge in [-0.2, -0.15) is 0 Å². The maximum Gasteiger partial charge on any atom is 0.232 e. The summed E-state index contributed by atoms with van der Waals surface area (Å²) in [7, 11) is 0. The van der Waals surface area contributed by atoms with Crippen molar-refractivity contribution in [1.29, 1.82) is 0 Å². The predicted molar refractivity (Wildman–Crippen MR) is 93.6 cm³/mol. The average Bonchev–Trinajstić information content (AvgIpc) is 2.58. The van der Waals surface area contributed by atoms with E-state index < -0.39 is 0 Å². The Kier molecular flexibility index (Phi) is 6.49. The Morgan fingerprint density at radius 2 is 1.68 bits per heavy atom. The topological polar surface area (TPSA) is 55.1 Å². The summed E-state index contributed by atoms with van der Waals surface area (Å²) in [6.07, 6.45) is 0. The number of thioether (sulfide) groups is 1. The monoisotopic (exact) mass is 314 g/mol. The van der Waals surface area contributed by atoms with Crippen LogP contribution in [0.4, 0.5) is 0 Å². The van der Waals surface area contributed by atoms with E-state index in [0.29, 0.717) is 6.54 Å². The molecule has 116 valence electrons. The summed E-state index contributed by atoms with van der Waals surface area (Å²) < 4.78 is 0. The maximum atomic E-state index is 12.1. The lowest BCUT2D eigenvalue weighted by molar-refractivity contribution is -0.120. The van der Waals surface area contributed by atoms with Gasteiger partial charge in [-0.05, 0) is 18.1 Å². The minimum atomic E-state index is -0.170. The quantitative estimate of drug-likeness (QED) is 0.825. The summed E-state index contributed by atoms with van der Waals surface area (Å²) in [5.74, 6) is 0.868. The van der Waals surface area contributed by atoms with Gasteiger partial charge in [0, 0.05) is 18.3 Å².